The molecule has 6 heteroatoms. The zero-order chi connectivity index (χ0) is 17.9. The van der Waals surface area contributed by atoms with Gasteiger partial charge in [-0.05, 0) is 31.4 Å². The Morgan fingerprint density at radius 2 is 1.92 bits per heavy atom. The summed E-state index contributed by atoms with van der Waals surface area (Å²) >= 11 is 0. The van der Waals surface area contributed by atoms with Crippen molar-refractivity contribution < 1.29 is 4.74 Å². The van der Waals surface area contributed by atoms with Gasteiger partial charge in [-0.15, -0.1) is 0 Å². The molecule has 1 aliphatic carbocycles. The first-order chi connectivity index (χ1) is 12.8. The van der Waals surface area contributed by atoms with Crippen LogP contribution in [0.4, 0.5) is 0 Å². The number of fused-ring (bicyclic) bond motifs is 1. The number of nitrogens with zero attached hydrogens (tertiary/aromatic N) is 3. The van der Waals surface area contributed by atoms with E-state index in [4.69, 9.17) is 4.74 Å². The van der Waals surface area contributed by atoms with Crippen molar-refractivity contribution >= 4 is 11.2 Å². The molecular weight excluding hydrogens is 328 g/mol. The van der Waals surface area contributed by atoms with Gasteiger partial charge in [-0.25, -0.2) is 4.98 Å². The number of H-pyrrole nitrogens is 1. The highest BCUT2D eigenvalue weighted by Gasteiger charge is 2.22. The maximum Gasteiger partial charge on any atom is 0.306 e. The number of para-hydroxylation sites is 1. The summed E-state index contributed by atoms with van der Waals surface area (Å²) in [5.41, 5.74) is 0.825. The van der Waals surface area contributed by atoms with Gasteiger partial charge < -0.3 is 9.72 Å². The fourth-order valence-corrected chi connectivity index (χ4v) is 3.65. The molecule has 1 N–H and O–H groups in total. The predicted molar refractivity (Wildman–Crippen MR) is 101 cm³/mol. The van der Waals surface area contributed by atoms with Crippen molar-refractivity contribution in [3.63, 3.8) is 0 Å². The number of ether oxygens (including phenoxy) is 1. The van der Waals surface area contributed by atoms with Crippen molar-refractivity contribution in [1.82, 2.24) is 19.5 Å². The normalized spacial score (nSPS) is 15.4. The Morgan fingerprint density at radius 1 is 1.15 bits per heavy atom. The smallest absolute Gasteiger partial charge is 0.306 e. The van der Waals surface area contributed by atoms with Gasteiger partial charge in [0, 0.05) is 12.5 Å². The van der Waals surface area contributed by atoms with Crippen molar-refractivity contribution in [3.8, 4) is 11.8 Å². The molecule has 0 aliphatic heterocycles. The van der Waals surface area contributed by atoms with Crippen LogP contribution in [0.2, 0.25) is 0 Å². The minimum Gasteiger partial charge on any atom is -0.425 e. The molecule has 1 saturated carbocycles. The highest BCUT2D eigenvalue weighted by atomic mass is 16.5. The van der Waals surface area contributed by atoms with Gasteiger partial charge in [-0.3, -0.25) is 9.36 Å². The molecule has 0 unspecified atom stereocenters. The molecule has 0 radical (unpaired) electrons. The van der Waals surface area contributed by atoms with Gasteiger partial charge in [0.2, 0.25) is 0 Å². The van der Waals surface area contributed by atoms with Crippen LogP contribution in [0.1, 0.15) is 57.2 Å². The standard InChI is InChI=1S/C20H24N4O2/c1-2-13-24-19(25)16-18(22-17(21-16)14-9-5-3-6-10-14)23-20(24)26-15-11-7-4-8-12-15/h4,7-8,11-12,14H,2-3,5-6,9-10,13H2,1H3,(H,21,22). The number of imidazole rings is 1. The largest absolute Gasteiger partial charge is 0.425 e. The quantitative estimate of drug-likeness (QED) is 0.740. The number of hydrogen-bond donors (Lipinski definition) is 1. The van der Waals surface area contributed by atoms with Crippen molar-refractivity contribution in [3.05, 3.63) is 46.5 Å². The van der Waals surface area contributed by atoms with E-state index in [0.717, 1.165) is 25.1 Å². The van der Waals surface area contributed by atoms with Gasteiger partial charge in [0.1, 0.15) is 11.6 Å². The Bertz CT molecular complexity index is 940. The lowest BCUT2D eigenvalue weighted by Gasteiger charge is -2.18. The van der Waals surface area contributed by atoms with Crippen molar-refractivity contribution in [2.45, 2.75) is 57.9 Å². The molecule has 1 aliphatic rings. The molecule has 2 aromatic heterocycles. The Kier molecular flexibility index (Phi) is 4.73. The Labute approximate surface area is 152 Å². The van der Waals surface area contributed by atoms with E-state index in [9.17, 15) is 4.79 Å². The second kappa shape index (κ2) is 7.32. The van der Waals surface area contributed by atoms with Crippen LogP contribution in [0.5, 0.6) is 11.8 Å². The molecule has 1 aromatic carbocycles. The molecule has 6 nitrogen and oxygen atoms in total. The molecule has 0 atom stereocenters. The third-order valence-electron chi connectivity index (χ3n) is 4.99. The van der Waals surface area contributed by atoms with Gasteiger partial charge >= 0.3 is 6.01 Å². The van der Waals surface area contributed by atoms with Gasteiger partial charge in [0.25, 0.3) is 5.56 Å². The van der Waals surface area contributed by atoms with Crippen molar-refractivity contribution in [2.75, 3.05) is 0 Å². The van der Waals surface area contributed by atoms with Crippen LogP contribution in [-0.4, -0.2) is 19.5 Å². The molecule has 4 rings (SSSR count). The predicted octanol–water partition coefficient (Wildman–Crippen LogP) is 4.37. The summed E-state index contributed by atoms with van der Waals surface area (Å²) in [5.74, 6) is 1.95. The fraction of sp³-hybridized carbons (Fsp3) is 0.450. The molecule has 2 heterocycles. The lowest BCUT2D eigenvalue weighted by molar-refractivity contribution is 0.398. The summed E-state index contributed by atoms with van der Waals surface area (Å²) in [4.78, 5) is 25.5. The molecule has 1 fully saturated rings. The summed E-state index contributed by atoms with van der Waals surface area (Å²) in [7, 11) is 0. The van der Waals surface area contributed by atoms with E-state index in [1.807, 2.05) is 37.3 Å². The van der Waals surface area contributed by atoms with E-state index in [1.165, 1.54) is 19.3 Å². The van der Waals surface area contributed by atoms with Gasteiger partial charge in [0.15, 0.2) is 11.2 Å². The zero-order valence-electron chi connectivity index (χ0n) is 15.1. The molecule has 0 spiro atoms. The molecule has 3 aromatic rings. The molecule has 26 heavy (non-hydrogen) atoms. The van der Waals surface area contributed by atoms with Crippen LogP contribution in [-0.2, 0) is 6.54 Å². The zero-order valence-corrected chi connectivity index (χ0v) is 15.1. The van der Waals surface area contributed by atoms with E-state index in [1.54, 1.807) is 4.57 Å². The Hall–Kier alpha value is -2.63. The van der Waals surface area contributed by atoms with Gasteiger partial charge in [0.05, 0.1) is 0 Å². The second-order valence-corrected chi connectivity index (χ2v) is 6.92. The lowest BCUT2D eigenvalue weighted by Crippen LogP contribution is -2.23. The van der Waals surface area contributed by atoms with Gasteiger partial charge in [-0.2, -0.15) is 4.98 Å². The van der Waals surface area contributed by atoms with Crippen molar-refractivity contribution in [2.24, 2.45) is 0 Å². The minimum atomic E-state index is -0.114. The van der Waals surface area contributed by atoms with Crippen LogP contribution < -0.4 is 10.3 Å². The Morgan fingerprint density at radius 3 is 2.65 bits per heavy atom. The molecular formula is C20H24N4O2. The number of nitrogens with one attached hydrogen (secondary N) is 1. The van der Waals surface area contributed by atoms with E-state index in [2.05, 4.69) is 15.0 Å². The van der Waals surface area contributed by atoms with Crippen LogP contribution in [0.3, 0.4) is 0 Å². The average molecular weight is 352 g/mol. The highest BCUT2D eigenvalue weighted by Crippen LogP contribution is 2.31. The maximum atomic E-state index is 13.0. The lowest BCUT2D eigenvalue weighted by atomic mass is 9.89. The van der Waals surface area contributed by atoms with Crippen LogP contribution in [0.15, 0.2) is 35.1 Å². The Balaban J connectivity index is 1.77. The average Bonchev–Trinajstić information content (AvgIpc) is 3.11. The molecule has 0 saturated heterocycles. The number of benzene rings is 1. The fourth-order valence-electron chi connectivity index (χ4n) is 3.65. The first-order valence-corrected chi connectivity index (χ1v) is 9.49. The summed E-state index contributed by atoms with van der Waals surface area (Å²) in [6.07, 6.45) is 6.79. The van der Waals surface area contributed by atoms with Gasteiger partial charge in [-0.1, -0.05) is 44.4 Å². The number of aromatic amines is 1. The molecule has 136 valence electrons. The van der Waals surface area contributed by atoms with Crippen LogP contribution in [0, 0.1) is 0 Å². The topological polar surface area (TPSA) is 72.8 Å². The van der Waals surface area contributed by atoms with Crippen LogP contribution >= 0.6 is 0 Å². The summed E-state index contributed by atoms with van der Waals surface area (Å²) in [5, 5.41) is 0. The van der Waals surface area contributed by atoms with E-state index >= 15 is 0 Å². The number of aromatic nitrogens is 4. The molecule has 0 bridgehead atoms. The summed E-state index contributed by atoms with van der Waals surface area (Å²) < 4.78 is 7.50. The van der Waals surface area contributed by atoms with Crippen LogP contribution in [0.25, 0.3) is 11.2 Å². The second-order valence-electron chi connectivity index (χ2n) is 6.92. The third-order valence-corrected chi connectivity index (χ3v) is 4.99. The first-order valence-electron chi connectivity index (χ1n) is 9.49. The highest BCUT2D eigenvalue weighted by molar-refractivity contribution is 5.70. The number of rotatable bonds is 5. The first kappa shape index (κ1) is 16.8. The van der Waals surface area contributed by atoms with E-state index in [0.29, 0.717) is 35.4 Å². The maximum absolute atomic E-state index is 13.0. The SMILES string of the molecule is CCCn1c(Oc2ccccc2)nc2nc(C3CCCCC3)[nH]c2c1=O. The molecule has 0 amide bonds. The van der Waals surface area contributed by atoms with Crippen molar-refractivity contribution in [1.29, 1.82) is 0 Å². The summed E-state index contributed by atoms with van der Waals surface area (Å²) in [6, 6.07) is 9.72. The minimum absolute atomic E-state index is 0.114. The third kappa shape index (κ3) is 3.23. The monoisotopic (exact) mass is 352 g/mol. The summed E-state index contributed by atoms with van der Waals surface area (Å²) in [6.45, 7) is 2.59. The number of hydrogen-bond acceptors (Lipinski definition) is 4. The van der Waals surface area contributed by atoms with E-state index in [-0.39, 0.29) is 5.56 Å². The van der Waals surface area contributed by atoms with E-state index < -0.39 is 0 Å².